The van der Waals surface area contributed by atoms with Gasteiger partial charge in [-0.2, -0.15) is 0 Å². The fraction of sp³-hybridized carbons (Fsp3) is 0.214. The third-order valence-corrected chi connectivity index (χ3v) is 4.42. The summed E-state index contributed by atoms with van der Waals surface area (Å²) in [5, 5.41) is 5.99. The fourth-order valence-electron chi connectivity index (χ4n) is 1.80. The van der Waals surface area contributed by atoms with Crippen LogP contribution in [0.15, 0.2) is 29.6 Å². The molecule has 0 radical (unpaired) electrons. The van der Waals surface area contributed by atoms with E-state index in [1.165, 1.54) is 11.3 Å². The molecule has 1 atom stereocenters. The lowest BCUT2D eigenvalue weighted by atomic mass is 10.1. The molecule has 1 aromatic carbocycles. The Morgan fingerprint density at radius 2 is 2.05 bits per heavy atom. The van der Waals surface area contributed by atoms with Crippen molar-refractivity contribution in [1.29, 1.82) is 0 Å². The van der Waals surface area contributed by atoms with Crippen molar-refractivity contribution in [2.24, 2.45) is 0 Å². The van der Waals surface area contributed by atoms with Gasteiger partial charge in [-0.05, 0) is 48.6 Å². The van der Waals surface area contributed by atoms with Gasteiger partial charge in [0.25, 0.3) is 5.91 Å². The molecule has 1 aromatic heterocycles. The number of aryl methyl sites for hydroxylation is 1. The molecule has 2 aromatic rings. The predicted octanol–water partition coefficient (Wildman–Crippen LogP) is 4.85. The van der Waals surface area contributed by atoms with Gasteiger partial charge in [0.1, 0.15) is 0 Å². The molecule has 5 heteroatoms. The highest BCUT2D eigenvalue weighted by atomic mass is 35.5. The van der Waals surface area contributed by atoms with Crippen LogP contribution in [0.5, 0.6) is 0 Å². The van der Waals surface area contributed by atoms with Crippen molar-refractivity contribution < 1.29 is 4.79 Å². The number of rotatable bonds is 3. The van der Waals surface area contributed by atoms with E-state index >= 15 is 0 Å². The van der Waals surface area contributed by atoms with Crippen LogP contribution in [0.2, 0.25) is 10.0 Å². The summed E-state index contributed by atoms with van der Waals surface area (Å²) in [5.41, 5.74) is 1.84. The van der Waals surface area contributed by atoms with Gasteiger partial charge in [0.2, 0.25) is 0 Å². The molecule has 0 aliphatic rings. The molecule has 0 bridgehead atoms. The van der Waals surface area contributed by atoms with E-state index < -0.39 is 0 Å². The molecule has 0 saturated carbocycles. The average Bonchev–Trinajstić information content (AvgIpc) is 2.75. The number of amides is 1. The summed E-state index contributed by atoms with van der Waals surface area (Å²) in [5.74, 6) is -0.0778. The van der Waals surface area contributed by atoms with Crippen LogP contribution in [0.3, 0.4) is 0 Å². The first kappa shape index (κ1) is 14.4. The summed E-state index contributed by atoms with van der Waals surface area (Å²) >= 11 is 13.4. The molecule has 19 heavy (non-hydrogen) atoms. The zero-order valence-electron chi connectivity index (χ0n) is 10.5. The molecule has 0 aliphatic carbocycles. The number of carbonyl (C=O) groups excluding carboxylic acids is 1. The second kappa shape index (κ2) is 5.95. The molecule has 1 N–H and O–H groups in total. The summed E-state index contributed by atoms with van der Waals surface area (Å²) in [6, 6.07) is 7.04. The van der Waals surface area contributed by atoms with Gasteiger partial charge in [-0.1, -0.05) is 29.3 Å². The minimum atomic E-state index is -0.168. The zero-order valence-corrected chi connectivity index (χ0v) is 12.9. The summed E-state index contributed by atoms with van der Waals surface area (Å²) in [6.45, 7) is 3.82. The van der Waals surface area contributed by atoms with Gasteiger partial charge in [0.15, 0.2) is 0 Å². The van der Waals surface area contributed by atoms with Crippen LogP contribution >= 0.6 is 34.5 Å². The van der Waals surface area contributed by atoms with E-state index in [-0.39, 0.29) is 11.9 Å². The molecule has 0 aliphatic heterocycles. The summed E-state index contributed by atoms with van der Waals surface area (Å²) in [7, 11) is 0. The van der Waals surface area contributed by atoms with Crippen molar-refractivity contribution in [3.63, 3.8) is 0 Å². The third kappa shape index (κ3) is 3.30. The predicted molar refractivity (Wildman–Crippen MR) is 81.4 cm³/mol. The Balaban J connectivity index is 2.15. The van der Waals surface area contributed by atoms with Crippen LogP contribution in [0.25, 0.3) is 0 Å². The first-order valence-corrected chi connectivity index (χ1v) is 7.42. The molecule has 1 heterocycles. The summed E-state index contributed by atoms with van der Waals surface area (Å²) in [6.07, 6.45) is 0. The normalized spacial score (nSPS) is 12.2. The first-order valence-electron chi connectivity index (χ1n) is 5.79. The van der Waals surface area contributed by atoms with Crippen LogP contribution in [0.4, 0.5) is 0 Å². The SMILES string of the molecule is Cc1ccsc1C(=O)NC(C)c1ccc(Cl)cc1Cl. The molecule has 100 valence electrons. The number of hydrogen-bond acceptors (Lipinski definition) is 2. The van der Waals surface area contributed by atoms with E-state index in [4.69, 9.17) is 23.2 Å². The highest BCUT2D eigenvalue weighted by molar-refractivity contribution is 7.12. The lowest BCUT2D eigenvalue weighted by Crippen LogP contribution is -2.26. The van der Waals surface area contributed by atoms with E-state index in [1.807, 2.05) is 31.4 Å². The van der Waals surface area contributed by atoms with Gasteiger partial charge in [0, 0.05) is 10.0 Å². The first-order chi connectivity index (χ1) is 8.99. The highest BCUT2D eigenvalue weighted by Crippen LogP contribution is 2.26. The van der Waals surface area contributed by atoms with E-state index in [0.717, 1.165) is 16.0 Å². The Kier molecular flexibility index (Phi) is 4.50. The molecule has 1 unspecified atom stereocenters. The van der Waals surface area contributed by atoms with Crippen LogP contribution < -0.4 is 5.32 Å². The number of thiophene rings is 1. The number of hydrogen-bond donors (Lipinski definition) is 1. The molecule has 2 rings (SSSR count). The summed E-state index contributed by atoms with van der Waals surface area (Å²) < 4.78 is 0. The van der Waals surface area contributed by atoms with Gasteiger partial charge in [-0.3, -0.25) is 4.79 Å². The lowest BCUT2D eigenvalue weighted by Gasteiger charge is -2.15. The molecular formula is C14H13Cl2NOS. The van der Waals surface area contributed by atoms with Crippen LogP contribution in [-0.4, -0.2) is 5.91 Å². The highest BCUT2D eigenvalue weighted by Gasteiger charge is 2.16. The smallest absolute Gasteiger partial charge is 0.262 e. The number of halogens is 2. The standard InChI is InChI=1S/C14H13Cl2NOS/c1-8-5-6-19-13(8)14(18)17-9(2)11-4-3-10(15)7-12(11)16/h3-7,9H,1-2H3,(H,17,18). The number of carbonyl (C=O) groups is 1. The minimum absolute atomic E-state index is 0.0778. The van der Waals surface area contributed by atoms with E-state index in [1.54, 1.807) is 12.1 Å². The topological polar surface area (TPSA) is 29.1 Å². The van der Waals surface area contributed by atoms with Crippen molar-refractivity contribution in [3.8, 4) is 0 Å². The Hall–Kier alpha value is -1.03. The average molecular weight is 314 g/mol. The number of benzene rings is 1. The molecule has 1 amide bonds. The Labute approximate surface area is 126 Å². The third-order valence-electron chi connectivity index (χ3n) is 2.84. The van der Waals surface area contributed by atoms with Crippen molar-refractivity contribution in [3.05, 3.63) is 55.7 Å². The van der Waals surface area contributed by atoms with E-state index in [0.29, 0.717) is 10.0 Å². The van der Waals surface area contributed by atoms with Crippen molar-refractivity contribution in [2.45, 2.75) is 19.9 Å². The summed E-state index contributed by atoms with van der Waals surface area (Å²) in [4.78, 5) is 12.9. The molecular weight excluding hydrogens is 301 g/mol. The monoisotopic (exact) mass is 313 g/mol. The fourth-order valence-corrected chi connectivity index (χ4v) is 3.20. The number of nitrogens with one attached hydrogen (secondary N) is 1. The Morgan fingerprint density at radius 3 is 2.63 bits per heavy atom. The van der Waals surface area contributed by atoms with Crippen molar-refractivity contribution in [1.82, 2.24) is 5.32 Å². The van der Waals surface area contributed by atoms with Gasteiger partial charge in [0.05, 0.1) is 10.9 Å². The lowest BCUT2D eigenvalue weighted by molar-refractivity contribution is 0.0943. The zero-order chi connectivity index (χ0) is 14.0. The van der Waals surface area contributed by atoms with Gasteiger partial charge < -0.3 is 5.32 Å². The van der Waals surface area contributed by atoms with Crippen LogP contribution in [-0.2, 0) is 0 Å². The molecule has 2 nitrogen and oxygen atoms in total. The second-order valence-electron chi connectivity index (χ2n) is 4.29. The van der Waals surface area contributed by atoms with Crippen molar-refractivity contribution >= 4 is 40.4 Å². The van der Waals surface area contributed by atoms with Crippen molar-refractivity contribution in [2.75, 3.05) is 0 Å². The van der Waals surface area contributed by atoms with Gasteiger partial charge in [-0.25, -0.2) is 0 Å². The quantitative estimate of drug-likeness (QED) is 0.861. The Morgan fingerprint density at radius 1 is 1.32 bits per heavy atom. The van der Waals surface area contributed by atoms with Crippen LogP contribution in [0.1, 0.15) is 33.8 Å². The maximum atomic E-state index is 12.1. The van der Waals surface area contributed by atoms with Gasteiger partial charge >= 0.3 is 0 Å². The maximum Gasteiger partial charge on any atom is 0.262 e. The minimum Gasteiger partial charge on any atom is -0.345 e. The molecule has 0 saturated heterocycles. The van der Waals surface area contributed by atoms with E-state index in [9.17, 15) is 4.79 Å². The molecule has 0 spiro atoms. The Bertz CT molecular complexity index is 609. The second-order valence-corrected chi connectivity index (χ2v) is 6.05. The molecule has 0 fully saturated rings. The van der Waals surface area contributed by atoms with Crippen LogP contribution in [0, 0.1) is 6.92 Å². The van der Waals surface area contributed by atoms with E-state index in [2.05, 4.69) is 5.32 Å². The largest absolute Gasteiger partial charge is 0.345 e. The van der Waals surface area contributed by atoms with Gasteiger partial charge in [-0.15, -0.1) is 11.3 Å². The maximum absolute atomic E-state index is 12.1.